The van der Waals surface area contributed by atoms with E-state index in [-0.39, 0.29) is 12.0 Å². The van der Waals surface area contributed by atoms with Crippen LogP contribution in [0, 0.1) is 5.41 Å². The molecule has 0 radical (unpaired) electrons. The molecular weight excluding hydrogens is 268 g/mol. The van der Waals surface area contributed by atoms with Crippen LogP contribution in [0.5, 0.6) is 0 Å². The summed E-state index contributed by atoms with van der Waals surface area (Å²) in [6.45, 7) is 15.1. The zero-order valence-electron chi connectivity index (χ0n) is 14.8. The molecule has 5 heteroatoms. The van der Waals surface area contributed by atoms with E-state index in [9.17, 15) is 9.90 Å². The first-order valence-corrected chi connectivity index (χ1v) is 7.82. The summed E-state index contributed by atoms with van der Waals surface area (Å²) in [6, 6.07) is 0. The van der Waals surface area contributed by atoms with Gasteiger partial charge in [-0.2, -0.15) is 0 Å². The molecule has 0 rings (SSSR count). The minimum Gasteiger partial charge on any atom is -0.444 e. The highest BCUT2D eigenvalue weighted by Gasteiger charge is 2.28. The van der Waals surface area contributed by atoms with E-state index in [2.05, 4.69) is 24.5 Å². The van der Waals surface area contributed by atoms with Crippen molar-refractivity contribution >= 4 is 6.09 Å². The molecule has 0 spiro atoms. The molecule has 1 amide bonds. The molecule has 0 unspecified atom stereocenters. The molecule has 0 saturated heterocycles. The molecule has 0 aliphatic rings. The number of alkyl carbamates (subject to hydrolysis) is 1. The van der Waals surface area contributed by atoms with E-state index in [1.807, 2.05) is 34.6 Å². The maximum atomic E-state index is 11.8. The number of amides is 1. The van der Waals surface area contributed by atoms with Crippen molar-refractivity contribution in [3.05, 3.63) is 0 Å². The number of carbonyl (C=O) groups is 1. The van der Waals surface area contributed by atoms with Crippen LogP contribution >= 0.6 is 0 Å². The first-order chi connectivity index (χ1) is 9.49. The molecule has 5 nitrogen and oxygen atoms in total. The largest absolute Gasteiger partial charge is 0.444 e. The van der Waals surface area contributed by atoms with E-state index in [4.69, 9.17) is 4.74 Å². The summed E-state index contributed by atoms with van der Waals surface area (Å²) >= 11 is 0. The molecule has 0 heterocycles. The predicted octanol–water partition coefficient (Wildman–Crippen LogP) is 2.68. The summed E-state index contributed by atoms with van der Waals surface area (Å²) in [7, 11) is 0. The second-order valence-corrected chi connectivity index (χ2v) is 7.48. The van der Waals surface area contributed by atoms with Gasteiger partial charge in [-0.1, -0.05) is 13.8 Å². The predicted molar refractivity (Wildman–Crippen MR) is 86.4 cm³/mol. The Kier molecular flexibility index (Phi) is 7.68. The van der Waals surface area contributed by atoms with Gasteiger partial charge in [0.15, 0.2) is 0 Å². The minimum absolute atomic E-state index is 0.0814. The maximum Gasteiger partial charge on any atom is 0.408 e. The SMILES string of the molecule is CCC(CC)(CO)CNCC(C)(C)NC(=O)OC(C)(C)C. The van der Waals surface area contributed by atoms with Crippen LogP contribution in [0.4, 0.5) is 4.79 Å². The smallest absolute Gasteiger partial charge is 0.408 e. The number of hydrogen-bond acceptors (Lipinski definition) is 4. The summed E-state index contributed by atoms with van der Waals surface area (Å²) < 4.78 is 5.27. The van der Waals surface area contributed by atoms with Gasteiger partial charge in [0.1, 0.15) is 5.60 Å². The van der Waals surface area contributed by atoms with Gasteiger partial charge in [-0.15, -0.1) is 0 Å². The third kappa shape index (κ3) is 8.27. The number of hydrogen-bond donors (Lipinski definition) is 3. The zero-order valence-corrected chi connectivity index (χ0v) is 14.8. The average Bonchev–Trinajstić information content (AvgIpc) is 2.32. The van der Waals surface area contributed by atoms with Gasteiger partial charge in [-0.25, -0.2) is 4.79 Å². The van der Waals surface area contributed by atoms with Gasteiger partial charge in [0.25, 0.3) is 0 Å². The Morgan fingerprint density at radius 2 is 1.57 bits per heavy atom. The van der Waals surface area contributed by atoms with Gasteiger partial charge < -0.3 is 20.5 Å². The first-order valence-electron chi connectivity index (χ1n) is 7.82. The molecule has 0 aromatic heterocycles. The van der Waals surface area contributed by atoms with Gasteiger partial charge in [-0.05, 0) is 47.5 Å². The summed E-state index contributed by atoms with van der Waals surface area (Å²) in [5, 5.41) is 15.8. The molecule has 0 bridgehead atoms. The van der Waals surface area contributed by atoms with Gasteiger partial charge in [0.05, 0.1) is 5.54 Å². The molecule has 0 aliphatic carbocycles. The summed E-state index contributed by atoms with van der Waals surface area (Å²) in [5.41, 5.74) is -0.989. The van der Waals surface area contributed by atoms with E-state index in [0.717, 1.165) is 19.4 Å². The van der Waals surface area contributed by atoms with Crippen molar-refractivity contribution in [3.8, 4) is 0 Å². The molecule has 0 aromatic rings. The van der Waals surface area contributed by atoms with Crippen molar-refractivity contribution in [2.75, 3.05) is 19.7 Å². The standard InChI is InChI=1S/C16H34N2O3/c1-8-16(9-2,12-19)11-17-10-15(6,7)18-13(20)21-14(3,4)5/h17,19H,8-12H2,1-7H3,(H,18,20). The van der Waals surface area contributed by atoms with Gasteiger partial charge in [-0.3, -0.25) is 0 Å². The van der Waals surface area contributed by atoms with E-state index in [0.29, 0.717) is 6.54 Å². The van der Waals surface area contributed by atoms with Crippen LogP contribution in [0.1, 0.15) is 61.3 Å². The summed E-state index contributed by atoms with van der Waals surface area (Å²) in [6.07, 6.45) is 1.44. The zero-order chi connectivity index (χ0) is 16.7. The molecule has 0 saturated carbocycles. The van der Waals surface area contributed by atoms with Crippen LogP contribution in [0.3, 0.4) is 0 Å². The number of aliphatic hydroxyl groups is 1. The molecular formula is C16H34N2O3. The van der Waals surface area contributed by atoms with Crippen LogP contribution in [-0.2, 0) is 4.74 Å². The van der Waals surface area contributed by atoms with Crippen LogP contribution in [-0.4, -0.2) is 42.0 Å². The van der Waals surface area contributed by atoms with Crippen molar-refractivity contribution in [2.45, 2.75) is 72.4 Å². The first kappa shape index (κ1) is 20.2. The fraction of sp³-hybridized carbons (Fsp3) is 0.938. The van der Waals surface area contributed by atoms with Gasteiger partial charge in [0.2, 0.25) is 0 Å². The summed E-state index contributed by atoms with van der Waals surface area (Å²) in [5.74, 6) is 0. The third-order valence-electron chi connectivity index (χ3n) is 3.74. The third-order valence-corrected chi connectivity index (χ3v) is 3.74. The molecule has 0 atom stereocenters. The van der Waals surface area contributed by atoms with E-state index >= 15 is 0 Å². The van der Waals surface area contributed by atoms with Crippen molar-refractivity contribution < 1.29 is 14.6 Å². The molecule has 0 fully saturated rings. The monoisotopic (exact) mass is 302 g/mol. The second kappa shape index (κ2) is 7.99. The lowest BCUT2D eigenvalue weighted by Crippen LogP contribution is -2.53. The van der Waals surface area contributed by atoms with E-state index in [1.54, 1.807) is 0 Å². The van der Waals surface area contributed by atoms with Crippen molar-refractivity contribution in [2.24, 2.45) is 5.41 Å². The lowest BCUT2D eigenvalue weighted by atomic mass is 9.83. The van der Waals surface area contributed by atoms with Crippen LogP contribution in [0.2, 0.25) is 0 Å². The number of ether oxygens (including phenoxy) is 1. The fourth-order valence-corrected chi connectivity index (χ4v) is 2.04. The number of aliphatic hydroxyl groups excluding tert-OH is 1. The van der Waals surface area contributed by atoms with Gasteiger partial charge in [0, 0.05) is 25.1 Å². The van der Waals surface area contributed by atoms with E-state index < -0.39 is 17.2 Å². The van der Waals surface area contributed by atoms with Crippen LogP contribution < -0.4 is 10.6 Å². The summed E-state index contributed by atoms with van der Waals surface area (Å²) in [4.78, 5) is 11.8. The highest BCUT2D eigenvalue weighted by molar-refractivity contribution is 5.68. The number of carbonyl (C=O) groups excluding carboxylic acids is 1. The second-order valence-electron chi connectivity index (χ2n) is 7.48. The molecule has 0 aromatic carbocycles. The van der Waals surface area contributed by atoms with Gasteiger partial charge >= 0.3 is 6.09 Å². The Balaban J connectivity index is 4.33. The lowest BCUT2D eigenvalue weighted by Gasteiger charge is -2.33. The molecule has 3 N–H and O–H groups in total. The molecule has 126 valence electrons. The van der Waals surface area contributed by atoms with Crippen LogP contribution in [0.25, 0.3) is 0 Å². The van der Waals surface area contributed by atoms with Crippen LogP contribution in [0.15, 0.2) is 0 Å². The maximum absolute atomic E-state index is 11.8. The molecule has 0 aliphatic heterocycles. The van der Waals surface area contributed by atoms with Crippen molar-refractivity contribution in [1.29, 1.82) is 0 Å². The van der Waals surface area contributed by atoms with Crippen molar-refractivity contribution in [1.82, 2.24) is 10.6 Å². The van der Waals surface area contributed by atoms with E-state index in [1.165, 1.54) is 0 Å². The number of nitrogens with one attached hydrogen (secondary N) is 2. The Morgan fingerprint density at radius 1 is 1.05 bits per heavy atom. The highest BCUT2D eigenvalue weighted by atomic mass is 16.6. The Labute approximate surface area is 129 Å². The topological polar surface area (TPSA) is 70.6 Å². The molecule has 21 heavy (non-hydrogen) atoms. The minimum atomic E-state index is -0.496. The highest BCUT2D eigenvalue weighted by Crippen LogP contribution is 2.24. The Hall–Kier alpha value is -0.810. The Morgan fingerprint density at radius 3 is 1.95 bits per heavy atom. The number of rotatable bonds is 8. The lowest BCUT2D eigenvalue weighted by molar-refractivity contribution is 0.0467. The normalized spacial score (nSPS) is 13.1. The fourth-order valence-electron chi connectivity index (χ4n) is 2.04. The Bertz CT molecular complexity index is 310. The average molecular weight is 302 g/mol. The van der Waals surface area contributed by atoms with Crippen molar-refractivity contribution in [3.63, 3.8) is 0 Å². The quantitative estimate of drug-likeness (QED) is 0.645.